The number of hydrogen-bond donors (Lipinski definition) is 2. The van der Waals surface area contributed by atoms with Gasteiger partial charge in [-0.25, -0.2) is 18.4 Å². The molecule has 0 aliphatic heterocycles. The normalized spacial score (nSPS) is 12.0. The van der Waals surface area contributed by atoms with Gasteiger partial charge in [-0.1, -0.05) is 23.7 Å². The Labute approximate surface area is 169 Å². The molecule has 2 aromatic carbocycles. The number of rotatable bonds is 4. The van der Waals surface area contributed by atoms with Crippen LogP contribution in [0.3, 0.4) is 0 Å². The van der Waals surface area contributed by atoms with Gasteiger partial charge >= 0.3 is 6.18 Å². The van der Waals surface area contributed by atoms with E-state index in [1.165, 1.54) is 24.4 Å². The second kappa shape index (κ2) is 7.53. The molecule has 0 aliphatic rings. The molecule has 152 valence electrons. The van der Waals surface area contributed by atoms with Gasteiger partial charge in [-0.15, -0.1) is 0 Å². The van der Waals surface area contributed by atoms with Gasteiger partial charge in [-0.3, -0.25) is 4.72 Å². The molecule has 0 spiro atoms. The summed E-state index contributed by atoms with van der Waals surface area (Å²) in [4.78, 5) is 7.62. The Kier molecular flexibility index (Phi) is 5.42. The quantitative estimate of drug-likeness (QED) is 0.619. The van der Waals surface area contributed by atoms with Crippen LogP contribution in [-0.4, -0.2) is 18.4 Å². The number of halogens is 4. The molecular weight excluding hydrogens is 429 g/mol. The van der Waals surface area contributed by atoms with Crippen molar-refractivity contribution in [2.45, 2.75) is 18.0 Å². The van der Waals surface area contributed by atoms with Gasteiger partial charge in [0, 0.05) is 17.4 Å². The first kappa shape index (κ1) is 20.9. The Morgan fingerprint density at radius 1 is 1.14 bits per heavy atom. The molecule has 0 bridgehead atoms. The average molecular weight is 443 g/mol. The van der Waals surface area contributed by atoms with Crippen LogP contribution >= 0.6 is 11.6 Å². The summed E-state index contributed by atoms with van der Waals surface area (Å²) in [5.74, 6) is 0.0688. The van der Waals surface area contributed by atoms with Gasteiger partial charge in [0.15, 0.2) is 0 Å². The Morgan fingerprint density at radius 3 is 2.52 bits per heavy atom. The molecule has 3 aromatic rings. The van der Waals surface area contributed by atoms with Gasteiger partial charge in [0.1, 0.15) is 4.90 Å². The molecule has 0 fully saturated rings. The zero-order valence-corrected chi connectivity index (χ0v) is 16.4. The predicted molar refractivity (Wildman–Crippen MR) is 104 cm³/mol. The highest BCUT2D eigenvalue weighted by Gasteiger charge is 2.31. The standard InChI is InChI=1S/C18H14ClF3N4O2S/c1-10-14(9-24-17(23)25-10)11-5-6-15(19)16(7-11)29(27,28)26-13-4-2-3-12(8-13)18(20,21)22/h2-9,26H,1H3,(H2,23,24,25). The molecule has 1 aromatic heterocycles. The number of nitrogen functional groups attached to an aromatic ring is 1. The van der Waals surface area contributed by atoms with Crippen LogP contribution in [0.1, 0.15) is 11.3 Å². The Hall–Kier alpha value is -2.85. The van der Waals surface area contributed by atoms with Crippen LogP contribution in [0.4, 0.5) is 24.8 Å². The molecule has 29 heavy (non-hydrogen) atoms. The van der Waals surface area contributed by atoms with E-state index in [1.807, 2.05) is 0 Å². The maximum absolute atomic E-state index is 12.9. The highest BCUT2D eigenvalue weighted by molar-refractivity contribution is 7.92. The molecule has 0 radical (unpaired) electrons. The van der Waals surface area contributed by atoms with Crippen LogP contribution in [-0.2, 0) is 16.2 Å². The Morgan fingerprint density at radius 2 is 1.86 bits per heavy atom. The molecule has 11 heteroatoms. The number of anilines is 2. The SMILES string of the molecule is Cc1nc(N)ncc1-c1ccc(Cl)c(S(=O)(=O)Nc2cccc(C(F)(F)F)c2)c1. The van der Waals surface area contributed by atoms with Crippen molar-refractivity contribution in [1.82, 2.24) is 9.97 Å². The lowest BCUT2D eigenvalue weighted by atomic mass is 10.1. The fourth-order valence-corrected chi connectivity index (χ4v) is 4.19. The van der Waals surface area contributed by atoms with Gasteiger partial charge in [0.05, 0.1) is 16.3 Å². The molecule has 0 saturated heterocycles. The minimum absolute atomic E-state index is 0.0688. The fourth-order valence-electron chi connectivity index (χ4n) is 2.61. The number of sulfonamides is 1. The highest BCUT2D eigenvalue weighted by atomic mass is 35.5. The molecular formula is C18H14ClF3N4O2S. The summed E-state index contributed by atoms with van der Waals surface area (Å²) >= 11 is 6.05. The van der Waals surface area contributed by atoms with Crippen molar-refractivity contribution in [1.29, 1.82) is 0 Å². The van der Waals surface area contributed by atoms with E-state index in [2.05, 4.69) is 14.7 Å². The van der Waals surface area contributed by atoms with E-state index < -0.39 is 21.8 Å². The molecule has 0 aliphatic carbocycles. The van der Waals surface area contributed by atoms with E-state index in [0.717, 1.165) is 12.1 Å². The third-order valence-electron chi connectivity index (χ3n) is 3.97. The minimum Gasteiger partial charge on any atom is -0.368 e. The summed E-state index contributed by atoms with van der Waals surface area (Å²) in [7, 11) is -4.27. The van der Waals surface area contributed by atoms with Gasteiger partial charge in [-0.05, 0) is 42.8 Å². The maximum Gasteiger partial charge on any atom is 0.416 e. The van der Waals surface area contributed by atoms with Gasteiger partial charge < -0.3 is 5.73 Å². The third-order valence-corrected chi connectivity index (χ3v) is 5.83. The van der Waals surface area contributed by atoms with Crippen molar-refractivity contribution in [3.63, 3.8) is 0 Å². The maximum atomic E-state index is 12.9. The number of nitrogens with two attached hydrogens (primary N) is 1. The van der Waals surface area contributed by atoms with Crippen LogP contribution in [0.15, 0.2) is 53.6 Å². The van der Waals surface area contributed by atoms with Crippen LogP contribution in [0, 0.1) is 6.92 Å². The van der Waals surface area contributed by atoms with E-state index in [9.17, 15) is 21.6 Å². The summed E-state index contributed by atoms with van der Waals surface area (Å²) in [5, 5.41) is -0.0951. The van der Waals surface area contributed by atoms with Crippen molar-refractivity contribution < 1.29 is 21.6 Å². The number of aryl methyl sites for hydroxylation is 1. The zero-order valence-electron chi connectivity index (χ0n) is 14.8. The Balaban J connectivity index is 2.01. The summed E-state index contributed by atoms with van der Waals surface area (Å²) in [6.45, 7) is 1.68. The van der Waals surface area contributed by atoms with E-state index in [1.54, 1.807) is 13.0 Å². The van der Waals surface area contributed by atoms with E-state index in [0.29, 0.717) is 22.9 Å². The molecule has 6 nitrogen and oxygen atoms in total. The van der Waals surface area contributed by atoms with Crippen molar-refractivity contribution in [3.05, 3.63) is 64.9 Å². The van der Waals surface area contributed by atoms with Crippen LogP contribution in [0.2, 0.25) is 5.02 Å². The van der Waals surface area contributed by atoms with Crippen molar-refractivity contribution >= 4 is 33.3 Å². The second-order valence-corrected chi connectivity index (χ2v) is 8.11. The predicted octanol–water partition coefficient (Wildman–Crippen LogP) is 4.51. The first-order chi connectivity index (χ1) is 13.5. The number of alkyl halides is 3. The summed E-state index contributed by atoms with van der Waals surface area (Å²) in [5.41, 5.74) is 5.82. The number of nitrogens with one attached hydrogen (secondary N) is 1. The lowest BCUT2D eigenvalue weighted by molar-refractivity contribution is -0.137. The molecule has 0 atom stereocenters. The topological polar surface area (TPSA) is 98.0 Å². The first-order valence-corrected chi connectivity index (χ1v) is 9.92. The number of benzene rings is 2. The van der Waals surface area contributed by atoms with Crippen molar-refractivity contribution in [3.8, 4) is 11.1 Å². The zero-order chi connectivity index (χ0) is 21.4. The minimum atomic E-state index is -4.61. The lowest BCUT2D eigenvalue weighted by Crippen LogP contribution is -2.14. The van der Waals surface area contributed by atoms with E-state index in [-0.39, 0.29) is 21.6 Å². The average Bonchev–Trinajstić information content (AvgIpc) is 2.61. The van der Waals surface area contributed by atoms with Crippen molar-refractivity contribution in [2.24, 2.45) is 0 Å². The summed E-state index contributed by atoms with van der Waals surface area (Å²) in [6, 6.07) is 8.10. The smallest absolute Gasteiger partial charge is 0.368 e. The molecule has 0 saturated carbocycles. The molecule has 0 amide bonds. The fraction of sp³-hybridized carbons (Fsp3) is 0.111. The largest absolute Gasteiger partial charge is 0.416 e. The lowest BCUT2D eigenvalue weighted by Gasteiger charge is -2.13. The van der Waals surface area contributed by atoms with Crippen LogP contribution in [0.5, 0.6) is 0 Å². The highest BCUT2D eigenvalue weighted by Crippen LogP contribution is 2.33. The Bertz CT molecular complexity index is 1180. The van der Waals surface area contributed by atoms with Gasteiger partial charge in [0.25, 0.3) is 10.0 Å². The summed E-state index contributed by atoms with van der Waals surface area (Å²) < 4.78 is 66.3. The van der Waals surface area contributed by atoms with E-state index >= 15 is 0 Å². The third kappa shape index (κ3) is 4.60. The van der Waals surface area contributed by atoms with Crippen LogP contribution in [0.25, 0.3) is 11.1 Å². The number of nitrogens with zero attached hydrogens (tertiary/aromatic N) is 2. The monoisotopic (exact) mass is 442 g/mol. The van der Waals surface area contributed by atoms with E-state index in [4.69, 9.17) is 17.3 Å². The molecule has 1 heterocycles. The molecule has 0 unspecified atom stereocenters. The van der Waals surface area contributed by atoms with Gasteiger partial charge in [0.2, 0.25) is 5.95 Å². The van der Waals surface area contributed by atoms with Gasteiger partial charge in [-0.2, -0.15) is 13.2 Å². The molecule has 3 N–H and O–H groups in total. The summed E-state index contributed by atoms with van der Waals surface area (Å²) in [6.07, 6.45) is -3.16. The number of aromatic nitrogens is 2. The first-order valence-electron chi connectivity index (χ1n) is 8.06. The molecule has 3 rings (SSSR count). The van der Waals surface area contributed by atoms with Crippen LogP contribution < -0.4 is 10.5 Å². The number of hydrogen-bond acceptors (Lipinski definition) is 5. The second-order valence-electron chi connectivity index (χ2n) is 6.06. The van der Waals surface area contributed by atoms with Crippen molar-refractivity contribution in [2.75, 3.05) is 10.5 Å².